The number of carbonyl (C=O) groups excluding carboxylic acids is 2. The van der Waals surface area contributed by atoms with Gasteiger partial charge in [-0.2, -0.15) is 5.10 Å². The molecule has 0 N–H and O–H groups in total. The standard InChI is InChI=1S/C26H27N3O5/c1-17(30)16-33-22-9-8-18(14-23(22)32-3)25(31)29-12-10-26(11-13-29)20-15-27-28(2)24(20)19-6-4-5-7-21(19)34-26/h4-9,14-15H,10-13,16H2,1-3H3. The molecule has 1 aromatic heterocycles. The Balaban J connectivity index is 1.35. The smallest absolute Gasteiger partial charge is 0.253 e. The van der Waals surface area contributed by atoms with E-state index in [1.54, 1.807) is 18.2 Å². The molecule has 2 aliphatic heterocycles. The Bertz CT molecular complexity index is 1260. The first-order valence-electron chi connectivity index (χ1n) is 11.3. The van der Waals surface area contributed by atoms with Crippen molar-refractivity contribution >= 4 is 11.7 Å². The topological polar surface area (TPSA) is 82.9 Å². The van der Waals surface area contributed by atoms with Crippen LogP contribution in [0.1, 0.15) is 35.7 Å². The molecule has 0 saturated carbocycles. The van der Waals surface area contributed by atoms with Crippen molar-refractivity contribution in [2.45, 2.75) is 25.4 Å². The quantitative estimate of drug-likeness (QED) is 0.578. The zero-order chi connectivity index (χ0) is 23.9. The second kappa shape index (κ2) is 8.52. The van der Waals surface area contributed by atoms with Gasteiger partial charge in [0.1, 0.15) is 18.0 Å². The van der Waals surface area contributed by atoms with Crippen molar-refractivity contribution in [3.63, 3.8) is 0 Å². The van der Waals surface area contributed by atoms with E-state index in [0.29, 0.717) is 43.0 Å². The average molecular weight is 462 g/mol. The molecule has 0 atom stereocenters. The molecule has 0 unspecified atom stereocenters. The van der Waals surface area contributed by atoms with Gasteiger partial charge in [0.2, 0.25) is 0 Å². The largest absolute Gasteiger partial charge is 0.493 e. The molecular formula is C26H27N3O5. The number of aromatic nitrogens is 2. The van der Waals surface area contributed by atoms with Gasteiger partial charge in [0.25, 0.3) is 5.91 Å². The van der Waals surface area contributed by atoms with Crippen LogP contribution in [0.2, 0.25) is 0 Å². The van der Waals surface area contributed by atoms with Crippen molar-refractivity contribution in [2.24, 2.45) is 7.05 Å². The van der Waals surface area contributed by atoms with Crippen molar-refractivity contribution < 1.29 is 23.8 Å². The highest BCUT2D eigenvalue weighted by atomic mass is 16.5. The van der Waals surface area contributed by atoms with Crippen LogP contribution in [0.3, 0.4) is 0 Å². The summed E-state index contributed by atoms with van der Waals surface area (Å²) in [6.07, 6.45) is 3.23. The summed E-state index contributed by atoms with van der Waals surface area (Å²) in [4.78, 5) is 26.4. The number of hydrogen-bond acceptors (Lipinski definition) is 6. The monoisotopic (exact) mass is 461 g/mol. The Morgan fingerprint density at radius 2 is 1.88 bits per heavy atom. The number of likely N-dealkylation sites (tertiary alicyclic amines) is 1. The van der Waals surface area contributed by atoms with E-state index in [1.165, 1.54) is 14.0 Å². The lowest BCUT2D eigenvalue weighted by Crippen LogP contribution is -2.49. The van der Waals surface area contributed by atoms with E-state index in [2.05, 4.69) is 11.2 Å². The number of carbonyl (C=O) groups is 2. The Kier molecular flexibility index (Phi) is 5.51. The van der Waals surface area contributed by atoms with E-state index in [0.717, 1.165) is 22.6 Å². The Hall–Kier alpha value is -3.81. The van der Waals surface area contributed by atoms with Gasteiger partial charge in [0.05, 0.1) is 19.0 Å². The maximum Gasteiger partial charge on any atom is 0.253 e. The molecule has 1 spiro atoms. The van der Waals surface area contributed by atoms with E-state index in [4.69, 9.17) is 14.2 Å². The van der Waals surface area contributed by atoms with Gasteiger partial charge >= 0.3 is 0 Å². The second-order valence-corrected chi connectivity index (χ2v) is 8.77. The molecule has 8 heteroatoms. The third-order valence-electron chi connectivity index (χ3n) is 6.58. The first-order valence-corrected chi connectivity index (χ1v) is 11.3. The summed E-state index contributed by atoms with van der Waals surface area (Å²) in [5.74, 6) is 1.55. The molecule has 3 aromatic rings. The Morgan fingerprint density at radius 1 is 1.12 bits per heavy atom. The van der Waals surface area contributed by atoms with Crippen molar-refractivity contribution in [3.8, 4) is 28.5 Å². The Morgan fingerprint density at radius 3 is 2.62 bits per heavy atom. The van der Waals surface area contributed by atoms with Gasteiger partial charge in [0.15, 0.2) is 17.3 Å². The summed E-state index contributed by atoms with van der Waals surface area (Å²) in [5.41, 5.74) is 3.21. The van der Waals surface area contributed by atoms with Crippen LogP contribution in [0, 0.1) is 0 Å². The van der Waals surface area contributed by atoms with Crippen LogP contribution in [0.5, 0.6) is 17.2 Å². The molecule has 1 saturated heterocycles. The number of benzene rings is 2. The number of ketones is 1. The molecule has 3 heterocycles. The Labute approximate surface area is 198 Å². The van der Waals surface area contributed by atoms with E-state index < -0.39 is 5.60 Å². The van der Waals surface area contributed by atoms with E-state index >= 15 is 0 Å². The number of ether oxygens (including phenoxy) is 3. The van der Waals surface area contributed by atoms with Crippen LogP contribution in [0.4, 0.5) is 0 Å². The highest BCUT2D eigenvalue weighted by Crippen LogP contribution is 2.49. The molecule has 5 rings (SSSR count). The molecule has 1 amide bonds. The fraction of sp³-hybridized carbons (Fsp3) is 0.346. The van der Waals surface area contributed by atoms with Gasteiger partial charge in [-0.05, 0) is 37.3 Å². The van der Waals surface area contributed by atoms with Crippen LogP contribution in [-0.2, 0) is 17.4 Å². The molecular weight excluding hydrogens is 434 g/mol. The molecule has 8 nitrogen and oxygen atoms in total. The van der Waals surface area contributed by atoms with Crippen LogP contribution in [0.15, 0.2) is 48.7 Å². The summed E-state index contributed by atoms with van der Waals surface area (Å²) in [7, 11) is 3.46. The van der Waals surface area contributed by atoms with Gasteiger partial charge in [-0.3, -0.25) is 14.3 Å². The zero-order valence-electron chi connectivity index (χ0n) is 19.5. The van der Waals surface area contributed by atoms with Crippen molar-refractivity contribution in [2.75, 3.05) is 26.8 Å². The number of nitrogens with zero attached hydrogens (tertiary/aromatic N) is 3. The number of rotatable bonds is 5. The molecule has 2 aliphatic rings. The minimum atomic E-state index is -0.503. The van der Waals surface area contributed by atoms with E-state index in [9.17, 15) is 9.59 Å². The number of piperidine rings is 1. The van der Waals surface area contributed by atoms with Crippen LogP contribution in [-0.4, -0.2) is 53.2 Å². The number of aryl methyl sites for hydroxylation is 1. The minimum Gasteiger partial charge on any atom is -0.493 e. The molecule has 0 bridgehead atoms. The fourth-order valence-corrected chi connectivity index (χ4v) is 4.83. The predicted molar refractivity (Wildman–Crippen MR) is 125 cm³/mol. The normalized spacial score (nSPS) is 15.8. The number of fused-ring (bicyclic) bond motifs is 4. The molecule has 34 heavy (non-hydrogen) atoms. The lowest BCUT2D eigenvalue weighted by Gasteiger charge is -2.44. The molecule has 2 aromatic carbocycles. The highest BCUT2D eigenvalue weighted by molar-refractivity contribution is 5.95. The summed E-state index contributed by atoms with van der Waals surface area (Å²) >= 11 is 0. The molecule has 176 valence electrons. The van der Waals surface area contributed by atoms with Gasteiger partial charge in [-0.1, -0.05) is 12.1 Å². The first kappa shape index (κ1) is 22.0. The third kappa shape index (κ3) is 3.69. The summed E-state index contributed by atoms with van der Waals surface area (Å²) in [5, 5.41) is 4.51. The first-order chi connectivity index (χ1) is 16.4. The van der Waals surface area contributed by atoms with Crippen molar-refractivity contribution in [1.29, 1.82) is 0 Å². The second-order valence-electron chi connectivity index (χ2n) is 8.77. The lowest BCUT2D eigenvalue weighted by atomic mass is 9.81. The maximum absolute atomic E-state index is 13.3. The number of methoxy groups -OCH3 is 1. The fourth-order valence-electron chi connectivity index (χ4n) is 4.83. The number of para-hydroxylation sites is 1. The van der Waals surface area contributed by atoms with Gasteiger partial charge in [-0.25, -0.2) is 0 Å². The molecule has 0 aliphatic carbocycles. The highest BCUT2D eigenvalue weighted by Gasteiger charge is 2.45. The predicted octanol–water partition coefficient (Wildman–Crippen LogP) is 3.59. The van der Waals surface area contributed by atoms with Gasteiger partial charge in [-0.15, -0.1) is 0 Å². The molecule has 0 radical (unpaired) electrons. The van der Waals surface area contributed by atoms with Gasteiger partial charge in [0, 0.05) is 49.7 Å². The van der Waals surface area contributed by atoms with E-state index in [-0.39, 0.29) is 18.3 Å². The summed E-state index contributed by atoms with van der Waals surface area (Å²) < 4.78 is 19.3. The zero-order valence-corrected chi connectivity index (χ0v) is 19.5. The average Bonchev–Trinajstić information content (AvgIpc) is 3.25. The third-order valence-corrected chi connectivity index (χ3v) is 6.58. The van der Waals surface area contributed by atoms with Gasteiger partial charge < -0.3 is 19.1 Å². The van der Waals surface area contributed by atoms with Crippen LogP contribution < -0.4 is 14.2 Å². The molecule has 1 fully saturated rings. The number of amides is 1. The van der Waals surface area contributed by atoms with Crippen LogP contribution >= 0.6 is 0 Å². The SMILES string of the molecule is COc1cc(C(=O)N2CCC3(CC2)Oc2ccccc2-c2c3cnn2C)ccc1OCC(C)=O. The maximum atomic E-state index is 13.3. The van der Waals surface area contributed by atoms with Crippen molar-refractivity contribution in [3.05, 3.63) is 59.8 Å². The summed E-state index contributed by atoms with van der Waals surface area (Å²) in [6, 6.07) is 13.1. The lowest BCUT2D eigenvalue weighted by molar-refractivity contribution is -0.118. The number of Topliss-reactive ketones (excluding diaryl/α,β-unsaturated/α-hetero) is 1. The van der Waals surface area contributed by atoms with Crippen molar-refractivity contribution in [1.82, 2.24) is 14.7 Å². The summed E-state index contributed by atoms with van der Waals surface area (Å²) in [6.45, 7) is 2.52. The number of hydrogen-bond donors (Lipinski definition) is 0. The van der Waals surface area contributed by atoms with E-state index in [1.807, 2.05) is 41.0 Å². The minimum absolute atomic E-state index is 0.0443. The van der Waals surface area contributed by atoms with Crippen LogP contribution in [0.25, 0.3) is 11.3 Å².